The average Bonchev–Trinajstić information content (AvgIpc) is 2.51. The van der Waals surface area contributed by atoms with Gasteiger partial charge in [-0.3, -0.25) is 0 Å². The van der Waals surface area contributed by atoms with Gasteiger partial charge in [-0.05, 0) is 37.1 Å². The fourth-order valence-electron chi connectivity index (χ4n) is 2.35. The van der Waals surface area contributed by atoms with Crippen molar-refractivity contribution in [3.8, 4) is 0 Å². The molecule has 3 rings (SSSR count). The summed E-state index contributed by atoms with van der Waals surface area (Å²) in [5, 5.41) is 1.23. The molecule has 1 aliphatic rings. The van der Waals surface area contributed by atoms with E-state index in [1.54, 1.807) is 0 Å². The fourth-order valence-corrected chi connectivity index (χ4v) is 4.93. The van der Waals surface area contributed by atoms with Gasteiger partial charge < -0.3 is 0 Å². The van der Waals surface area contributed by atoms with Gasteiger partial charge in [0.25, 0.3) is 0 Å². The molecule has 2 aromatic carbocycles. The van der Waals surface area contributed by atoms with Crippen LogP contribution in [0, 0.1) is 0 Å². The monoisotopic (exact) mass is 298 g/mol. The number of thioether (sulfide) groups is 2. The largest absolute Gasteiger partial charge is 0.121 e. The second kappa shape index (κ2) is 7.05. The van der Waals surface area contributed by atoms with Crippen molar-refractivity contribution in [1.29, 1.82) is 0 Å². The molecule has 0 heterocycles. The Morgan fingerprint density at radius 1 is 0.750 bits per heavy atom. The van der Waals surface area contributed by atoms with Crippen LogP contribution in [0.1, 0.15) is 12.8 Å². The zero-order valence-electron chi connectivity index (χ0n) is 11.3. The molecule has 0 unspecified atom stereocenters. The van der Waals surface area contributed by atoms with Gasteiger partial charge in [0.2, 0.25) is 0 Å². The van der Waals surface area contributed by atoms with Crippen LogP contribution in [-0.4, -0.2) is 10.5 Å². The number of rotatable bonds is 4. The van der Waals surface area contributed by atoms with E-state index in [0.717, 1.165) is 0 Å². The standard InChI is InChI=1S/C18H18S2/c1-3-9-15(10-4-1)19-17-13-7-8-14-18(17)20-16-11-5-2-6-12-16/h1-7,9-13,17-18H,8,14H2/t17-,18+/m0/s1. The summed E-state index contributed by atoms with van der Waals surface area (Å²) in [5.74, 6) is 0. The van der Waals surface area contributed by atoms with Crippen LogP contribution in [-0.2, 0) is 0 Å². The fraction of sp³-hybridized carbons (Fsp3) is 0.222. The van der Waals surface area contributed by atoms with Crippen molar-refractivity contribution in [2.24, 2.45) is 0 Å². The van der Waals surface area contributed by atoms with E-state index in [2.05, 4.69) is 72.8 Å². The van der Waals surface area contributed by atoms with E-state index in [1.165, 1.54) is 22.6 Å². The summed E-state index contributed by atoms with van der Waals surface area (Å²) in [5.41, 5.74) is 0. The van der Waals surface area contributed by atoms with Crippen molar-refractivity contribution in [2.75, 3.05) is 0 Å². The first-order valence-corrected chi connectivity index (χ1v) is 8.78. The van der Waals surface area contributed by atoms with Crippen molar-refractivity contribution in [1.82, 2.24) is 0 Å². The number of benzene rings is 2. The van der Waals surface area contributed by atoms with Crippen molar-refractivity contribution in [3.63, 3.8) is 0 Å². The first-order chi connectivity index (χ1) is 9.92. The van der Waals surface area contributed by atoms with Gasteiger partial charge in [0.15, 0.2) is 0 Å². The van der Waals surface area contributed by atoms with Crippen LogP contribution in [0.25, 0.3) is 0 Å². The SMILES string of the molecule is C1=C[C@H](Sc2ccccc2)[C@H](Sc2ccccc2)CC1. The molecule has 0 saturated carbocycles. The maximum Gasteiger partial charge on any atom is 0.0397 e. The number of hydrogen-bond donors (Lipinski definition) is 0. The lowest BCUT2D eigenvalue weighted by Gasteiger charge is -2.26. The Bertz CT molecular complexity index is 548. The van der Waals surface area contributed by atoms with E-state index >= 15 is 0 Å². The number of allylic oxidation sites excluding steroid dienone is 1. The minimum absolute atomic E-state index is 0.566. The second-order valence-corrected chi connectivity index (χ2v) is 7.43. The third-order valence-corrected chi connectivity index (χ3v) is 6.21. The third-order valence-electron chi connectivity index (χ3n) is 3.36. The van der Waals surface area contributed by atoms with Crippen LogP contribution in [0.15, 0.2) is 82.6 Å². The molecule has 0 aromatic heterocycles. The molecule has 2 aromatic rings. The first kappa shape index (κ1) is 13.8. The molecule has 0 spiro atoms. The topological polar surface area (TPSA) is 0 Å². The van der Waals surface area contributed by atoms with Crippen LogP contribution < -0.4 is 0 Å². The summed E-state index contributed by atoms with van der Waals surface area (Å²) >= 11 is 4.00. The summed E-state index contributed by atoms with van der Waals surface area (Å²) < 4.78 is 0. The second-order valence-electron chi connectivity index (χ2n) is 4.87. The molecule has 0 saturated heterocycles. The molecule has 0 aliphatic heterocycles. The molecule has 1 aliphatic carbocycles. The van der Waals surface area contributed by atoms with E-state index in [9.17, 15) is 0 Å². The van der Waals surface area contributed by atoms with Gasteiger partial charge in [0.05, 0.1) is 0 Å². The van der Waals surface area contributed by atoms with Gasteiger partial charge in [-0.25, -0.2) is 0 Å². The maximum absolute atomic E-state index is 2.39. The Morgan fingerprint density at radius 2 is 1.35 bits per heavy atom. The van der Waals surface area contributed by atoms with Crippen LogP contribution in [0.2, 0.25) is 0 Å². The van der Waals surface area contributed by atoms with Crippen LogP contribution >= 0.6 is 23.5 Å². The molecule has 0 N–H and O–H groups in total. The van der Waals surface area contributed by atoms with E-state index in [1.807, 2.05) is 23.5 Å². The molecule has 0 fully saturated rings. The lowest BCUT2D eigenvalue weighted by Crippen LogP contribution is -2.20. The van der Waals surface area contributed by atoms with E-state index in [-0.39, 0.29) is 0 Å². The first-order valence-electron chi connectivity index (χ1n) is 7.02. The normalized spacial score (nSPS) is 21.8. The van der Waals surface area contributed by atoms with Crippen molar-refractivity contribution >= 4 is 23.5 Å². The van der Waals surface area contributed by atoms with Crippen molar-refractivity contribution < 1.29 is 0 Å². The van der Waals surface area contributed by atoms with Crippen LogP contribution in [0.4, 0.5) is 0 Å². The molecule has 2 atom stereocenters. The summed E-state index contributed by atoms with van der Waals surface area (Å²) in [6, 6.07) is 21.5. The van der Waals surface area contributed by atoms with Gasteiger partial charge in [0.1, 0.15) is 0 Å². The van der Waals surface area contributed by atoms with Crippen LogP contribution in [0.5, 0.6) is 0 Å². The Balaban J connectivity index is 1.71. The minimum atomic E-state index is 0.566. The lowest BCUT2D eigenvalue weighted by atomic mass is 10.1. The Morgan fingerprint density at radius 3 is 2.00 bits per heavy atom. The summed E-state index contributed by atoms with van der Waals surface area (Å²) in [4.78, 5) is 2.74. The van der Waals surface area contributed by atoms with Gasteiger partial charge >= 0.3 is 0 Å². The van der Waals surface area contributed by atoms with Crippen molar-refractivity contribution in [2.45, 2.75) is 33.1 Å². The average molecular weight is 298 g/mol. The predicted molar refractivity (Wildman–Crippen MR) is 90.5 cm³/mol. The van der Waals surface area contributed by atoms with E-state index in [4.69, 9.17) is 0 Å². The van der Waals surface area contributed by atoms with Crippen molar-refractivity contribution in [3.05, 3.63) is 72.8 Å². The highest BCUT2D eigenvalue weighted by molar-refractivity contribution is 8.04. The Kier molecular flexibility index (Phi) is 4.88. The number of hydrogen-bond acceptors (Lipinski definition) is 2. The summed E-state index contributed by atoms with van der Waals surface area (Å²) in [6.45, 7) is 0. The molecule has 20 heavy (non-hydrogen) atoms. The Hall–Kier alpha value is -1.12. The minimum Gasteiger partial charge on any atom is -0.121 e. The lowest BCUT2D eigenvalue weighted by molar-refractivity contribution is 0.759. The zero-order chi connectivity index (χ0) is 13.6. The highest BCUT2D eigenvalue weighted by Crippen LogP contribution is 2.39. The molecule has 2 heteroatoms. The molecular formula is C18H18S2. The third kappa shape index (κ3) is 3.71. The molecule has 0 amide bonds. The van der Waals surface area contributed by atoms with E-state index < -0.39 is 0 Å². The van der Waals surface area contributed by atoms with E-state index in [0.29, 0.717) is 10.5 Å². The van der Waals surface area contributed by atoms with Crippen LogP contribution in [0.3, 0.4) is 0 Å². The highest BCUT2D eigenvalue weighted by atomic mass is 32.2. The van der Waals surface area contributed by atoms with Gasteiger partial charge in [0, 0.05) is 20.3 Å². The zero-order valence-corrected chi connectivity index (χ0v) is 12.9. The molecule has 0 nitrogen and oxygen atoms in total. The molecule has 0 bridgehead atoms. The molecular weight excluding hydrogens is 280 g/mol. The Labute approximate surface area is 129 Å². The molecule has 102 valence electrons. The predicted octanol–water partition coefficient (Wildman–Crippen LogP) is 5.66. The van der Waals surface area contributed by atoms with Gasteiger partial charge in [-0.1, -0.05) is 48.6 Å². The van der Waals surface area contributed by atoms with Gasteiger partial charge in [-0.2, -0.15) is 0 Å². The van der Waals surface area contributed by atoms with Gasteiger partial charge in [-0.15, -0.1) is 23.5 Å². The summed E-state index contributed by atoms with van der Waals surface area (Å²) in [6.07, 6.45) is 7.20. The smallest absolute Gasteiger partial charge is 0.0397 e. The highest BCUT2D eigenvalue weighted by Gasteiger charge is 2.23. The summed E-state index contributed by atoms with van der Waals surface area (Å²) in [7, 11) is 0. The molecule has 0 radical (unpaired) electrons. The maximum atomic E-state index is 2.39. The quantitative estimate of drug-likeness (QED) is 0.668.